The van der Waals surface area contributed by atoms with Crippen LogP contribution in [0.3, 0.4) is 0 Å². The van der Waals surface area contributed by atoms with Gasteiger partial charge in [0.1, 0.15) is 11.6 Å². The molecule has 2 atom stereocenters. The Morgan fingerprint density at radius 3 is 2.03 bits per heavy atom. The summed E-state index contributed by atoms with van der Waals surface area (Å²) in [4.78, 5) is 36.2. The first-order chi connectivity index (χ1) is 13.4. The molecule has 0 aliphatic rings. The van der Waals surface area contributed by atoms with E-state index in [1.807, 2.05) is 0 Å². The molecule has 12 heteroatoms. The fourth-order valence-electron chi connectivity index (χ4n) is 1.86. The third-order valence-electron chi connectivity index (χ3n) is 3.16. The SMILES string of the molecule is CC(C)(C)OC(=O)N[C@@H](CO)C(=O)N[C@@H](CO)C(=O)Oc1cc(Cl)c(Cl)cc1Cl. The van der Waals surface area contributed by atoms with E-state index in [4.69, 9.17) is 44.3 Å². The summed E-state index contributed by atoms with van der Waals surface area (Å²) in [6.45, 7) is 3.25. The van der Waals surface area contributed by atoms with Gasteiger partial charge in [-0.3, -0.25) is 4.79 Å². The third-order valence-corrected chi connectivity index (χ3v) is 4.18. The zero-order valence-electron chi connectivity index (χ0n) is 15.8. The van der Waals surface area contributed by atoms with Crippen molar-refractivity contribution >= 4 is 52.8 Å². The van der Waals surface area contributed by atoms with Crippen molar-refractivity contribution in [3.8, 4) is 5.75 Å². The molecule has 9 nitrogen and oxygen atoms in total. The summed E-state index contributed by atoms with van der Waals surface area (Å²) in [5.41, 5.74) is -0.822. The predicted molar refractivity (Wildman–Crippen MR) is 106 cm³/mol. The Balaban J connectivity index is 2.79. The van der Waals surface area contributed by atoms with Gasteiger partial charge in [0.2, 0.25) is 5.91 Å². The van der Waals surface area contributed by atoms with Crippen molar-refractivity contribution in [2.75, 3.05) is 13.2 Å². The number of aliphatic hydroxyl groups is 2. The highest BCUT2D eigenvalue weighted by Crippen LogP contribution is 2.34. The summed E-state index contributed by atoms with van der Waals surface area (Å²) in [6, 6.07) is -0.489. The van der Waals surface area contributed by atoms with Crippen molar-refractivity contribution in [3.63, 3.8) is 0 Å². The average Bonchev–Trinajstić information content (AvgIpc) is 2.60. The minimum absolute atomic E-state index is 0.0180. The number of esters is 1. The van der Waals surface area contributed by atoms with Crippen LogP contribution < -0.4 is 15.4 Å². The van der Waals surface area contributed by atoms with Crippen molar-refractivity contribution in [3.05, 3.63) is 27.2 Å². The lowest BCUT2D eigenvalue weighted by Crippen LogP contribution is -2.55. The van der Waals surface area contributed by atoms with Crippen molar-refractivity contribution in [1.29, 1.82) is 0 Å². The van der Waals surface area contributed by atoms with E-state index in [1.54, 1.807) is 20.8 Å². The van der Waals surface area contributed by atoms with E-state index in [-0.39, 0.29) is 20.8 Å². The predicted octanol–water partition coefficient (Wildman–Crippen LogP) is 1.91. The highest BCUT2D eigenvalue weighted by molar-refractivity contribution is 6.43. The number of benzene rings is 1. The third kappa shape index (κ3) is 8.23. The first-order valence-corrected chi connectivity index (χ1v) is 9.39. The maximum Gasteiger partial charge on any atom is 0.408 e. The molecule has 162 valence electrons. The van der Waals surface area contributed by atoms with Gasteiger partial charge in [0, 0.05) is 6.07 Å². The zero-order valence-corrected chi connectivity index (χ0v) is 18.1. The van der Waals surface area contributed by atoms with Crippen LogP contribution in [0.2, 0.25) is 15.1 Å². The molecule has 2 amide bonds. The minimum atomic E-state index is -1.51. The Morgan fingerprint density at radius 1 is 0.966 bits per heavy atom. The van der Waals surface area contributed by atoms with E-state index in [0.717, 1.165) is 0 Å². The monoisotopic (exact) mass is 470 g/mol. The smallest absolute Gasteiger partial charge is 0.408 e. The number of ether oxygens (including phenoxy) is 2. The molecule has 0 radical (unpaired) electrons. The van der Waals surface area contributed by atoms with Gasteiger partial charge < -0.3 is 30.3 Å². The summed E-state index contributed by atoms with van der Waals surface area (Å²) in [5.74, 6) is -2.14. The van der Waals surface area contributed by atoms with Crippen LogP contribution in [0.1, 0.15) is 20.8 Å². The number of hydrogen-bond acceptors (Lipinski definition) is 7. The molecule has 0 aliphatic carbocycles. The Morgan fingerprint density at radius 2 is 1.52 bits per heavy atom. The molecule has 0 saturated carbocycles. The molecule has 0 spiro atoms. The maximum absolute atomic E-state index is 12.2. The summed E-state index contributed by atoms with van der Waals surface area (Å²) in [7, 11) is 0. The highest BCUT2D eigenvalue weighted by Gasteiger charge is 2.29. The second-order valence-electron chi connectivity index (χ2n) is 6.74. The van der Waals surface area contributed by atoms with Crippen LogP contribution in [-0.4, -0.2) is 59.1 Å². The van der Waals surface area contributed by atoms with Gasteiger partial charge in [0.15, 0.2) is 11.8 Å². The van der Waals surface area contributed by atoms with Gasteiger partial charge in [-0.05, 0) is 26.8 Å². The summed E-state index contributed by atoms with van der Waals surface area (Å²) in [6.07, 6.45) is -0.947. The van der Waals surface area contributed by atoms with E-state index in [1.165, 1.54) is 12.1 Å². The Hall–Kier alpha value is -1.78. The second-order valence-corrected chi connectivity index (χ2v) is 7.96. The lowest BCUT2D eigenvalue weighted by atomic mass is 10.2. The van der Waals surface area contributed by atoms with Gasteiger partial charge in [-0.25, -0.2) is 9.59 Å². The topological polar surface area (TPSA) is 134 Å². The molecule has 1 rings (SSSR count). The van der Waals surface area contributed by atoms with E-state index in [0.29, 0.717) is 0 Å². The standard InChI is InChI=1S/C17H21Cl3N2O7/c1-17(2,3)29-16(27)22-11(6-23)14(25)21-12(7-24)15(26)28-13-5-9(19)8(18)4-10(13)20/h4-5,11-12,23-24H,6-7H2,1-3H3,(H,21,25)(H,22,27)/t11-,12-/m0/s1. The number of alkyl carbamates (subject to hydrolysis) is 1. The van der Waals surface area contributed by atoms with E-state index >= 15 is 0 Å². The minimum Gasteiger partial charge on any atom is -0.444 e. The van der Waals surface area contributed by atoms with Crippen LogP contribution in [0, 0.1) is 0 Å². The quantitative estimate of drug-likeness (QED) is 0.271. The van der Waals surface area contributed by atoms with Gasteiger partial charge in [-0.1, -0.05) is 34.8 Å². The number of carbonyl (C=O) groups excluding carboxylic acids is 3. The number of aliphatic hydroxyl groups excluding tert-OH is 2. The van der Waals surface area contributed by atoms with Crippen LogP contribution in [0.4, 0.5) is 4.79 Å². The Labute approximate surface area is 182 Å². The molecule has 0 heterocycles. The van der Waals surface area contributed by atoms with Gasteiger partial charge in [0.05, 0.1) is 28.3 Å². The van der Waals surface area contributed by atoms with Crippen molar-refractivity contribution in [2.45, 2.75) is 38.5 Å². The summed E-state index contributed by atoms with van der Waals surface area (Å²) < 4.78 is 10.0. The number of nitrogens with one attached hydrogen (secondary N) is 2. The first-order valence-electron chi connectivity index (χ1n) is 8.25. The molecule has 0 aliphatic heterocycles. The molecule has 1 aromatic carbocycles. The van der Waals surface area contributed by atoms with Crippen LogP contribution in [-0.2, 0) is 14.3 Å². The molecule has 1 aromatic rings. The average molecular weight is 472 g/mol. The fourth-order valence-corrected chi connectivity index (χ4v) is 2.43. The number of carbonyl (C=O) groups is 3. The van der Waals surface area contributed by atoms with Gasteiger partial charge in [0.25, 0.3) is 0 Å². The van der Waals surface area contributed by atoms with Gasteiger partial charge >= 0.3 is 12.1 Å². The number of rotatable bonds is 7. The zero-order chi connectivity index (χ0) is 22.4. The molecule has 4 N–H and O–H groups in total. The number of halogens is 3. The fraction of sp³-hybridized carbons (Fsp3) is 0.471. The van der Waals surface area contributed by atoms with Crippen LogP contribution in [0.25, 0.3) is 0 Å². The van der Waals surface area contributed by atoms with E-state index < -0.39 is 48.9 Å². The molecular weight excluding hydrogens is 451 g/mol. The van der Waals surface area contributed by atoms with Gasteiger partial charge in [-0.15, -0.1) is 0 Å². The molecular formula is C17H21Cl3N2O7. The van der Waals surface area contributed by atoms with Crippen LogP contribution in [0.5, 0.6) is 5.75 Å². The number of amides is 2. The van der Waals surface area contributed by atoms with Crippen LogP contribution in [0.15, 0.2) is 12.1 Å². The second kappa shape index (κ2) is 10.8. The highest BCUT2D eigenvalue weighted by atomic mass is 35.5. The Bertz CT molecular complexity index is 768. The molecule has 0 unspecified atom stereocenters. The lowest BCUT2D eigenvalue weighted by molar-refractivity contribution is -0.141. The lowest BCUT2D eigenvalue weighted by Gasteiger charge is -2.23. The molecule has 29 heavy (non-hydrogen) atoms. The molecule has 0 saturated heterocycles. The van der Waals surface area contributed by atoms with Gasteiger partial charge in [-0.2, -0.15) is 0 Å². The normalized spacial score (nSPS) is 13.2. The van der Waals surface area contributed by atoms with Crippen molar-refractivity contribution in [2.24, 2.45) is 0 Å². The maximum atomic E-state index is 12.2. The van der Waals surface area contributed by atoms with E-state index in [2.05, 4.69) is 10.6 Å². The summed E-state index contributed by atoms with van der Waals surface area (Å²) >= 11 is 17.5. The summed E-state index contributed by atoms with van der Waals surface area (Å²) in [5, 5.41) is 23.3. The number of hydrogen-bond donors (Lipinski definition) is 4. The Kier molecular flexibility index (Phi) is 9.44. The van der Waals surface area contributed by atoms with Crippen LogP contribution >= 0.6 is 34.8 Å². The molecule has 0 fully saturated rings. The largest absolute Gasteiger partial charge is 0.444 e. The van der Waals surface area contributed by atoms with E-state index in [9.17, 15) is 24.6 Å². The molecule has 0 aromatic heterocycles. The molecule has 0 bridgehead atoms. The first kappa shape index (κ1) is 25.3. The van der Waals surface area contributed by atoms with Crippen molar-refractivity contribution < 1.29 is 34.1 Å². The van der Waals surface area contributed by atoms with Crippen molar-refractivity contribution in [1.82, 2.24) is 10.6 Å².